The Labute approximate surface area is 157 Å². The van der Waals surface area contributed by atoms with E-state index in [1.807, 2.05) is 6.07 Å². The first-order valence-corrected chi connectivity index (χ1v) is 9.41. The maximum Gasteiger partial charge on any atom is 0.344 e. The quantitative estimate of drug-likeness (QED) is 0.599. The number of benzene rings is 1. The van der Waals surface area contributed by atoms with Gasteiger partial charge in [-0.2, -0.15) is 0 Å². The Kier molecular flexibility index (Phi) is 4.39. The van der Waals surface area contributed by atoms with E-state index in [2.05, 4.69) is 12.1 Å². The average Bonchev–Trinajstić information content (AvgIpc) is 2.85. The molecule has 3 aliphatic carbocycles. The fourth-order valence-electron chi connectivity index (χ4n) is 5.65. The number of aromatic hydroxyl groups is 1. The maximum absolute atomic E-state index is 10.7. The number of phenols is 1. The molecule has 2 saturated carbocycles. The molecule has 0 saturated heterocycles. The van der Waals surface area contributed by atoms with E-state index in [1.165, 1.54) is 0 Å². The summed E-state index contributed by atoms with van der Waals surface area (Å²) in [6.07, 6.45) is 1.40. The van der Waals surface area contributed by atoms with Crippen molar-refractivity contribution in [3.63, 3.8) is 0 Å². The molecule has 0 spiro atoms. The number of aliphatic hydroxyl groups is 2. The van der Waals surface area contributed by atoms with Gasteiger partial charge >= 0.3 is 5.97 Å². The molecule has 1 aromatic rings. The number of hydrogen-bond acceptors (Lipinski definition) is 6. The smallest absolute Gasteiger partial charge is 0.344 e. The van der Waals surface area contributed by atoms with Crippen molar-refractivity contribution < 1.29 is 30.1 Å². The molecule has 4 N–H and O–H groups in total. The van der Waals surface area contributed by atoms with Crippen LogP contribution in [-0.4, -0.2) is 50.9 Å². The molecule has 1 aromatic carbocycles. The Bertz CT molecular complexity index is 793. The molecule has 0 aliphatic heterocycles. The molecular formula is C20H25NO6. The number of carboxylic acid groups (broad SMARTS) is 1. The van der Waals surface area contributed by atoms with Crippen molar-refractivity contribution in [1.29, 1.82) is 0 Å². The van der Waals surface area contributed by atoms with Crippen LogP contribution >= 0.6 is 0 Å². The molecule has 7 nitrogen and oxygen atoms in total. The average molecular weight is 375 g/mol. The fraction of sp³-hybridized carbons (Fsp3) is 0.600. The second kappa shape index (κ2) is 6.49. The number of fused-ring (bicyclic) bond motifs is 5. The summed E-state index contributed by atoms with van der Waals surface area (Å²) in [5, 5.41) is 43.6. The Morgan fingerprint density at radius 2 is 2.15 bits per heavy atom. The minimum Gasteiger partial charge on any atom is -0.508 e. The van der Waals surface area contributed by atoms with Crippen molar-refractivity contribution >= 4 is 11.7 Å². The van der Waals surface area contributed by atoms with E-state index in [0.29, 0.717) is 18.6 Å². The minimum atomic E-state index is -1.10. The molecule has 4 rings (SSSR count). The van der Waals surface area contributed by atoms with Crippen LogP contribution in [0.25, 0.3) is 0 Å². The molecule has 0 unspecified atom stereocenters. The van der Waals surface area contributed by atoms with E-state index in [9.17, 15) is 20.1 Å². The number of carboxylic acids is 1. The monoisotopic (exact) mass is 375 g/mol. The predicted octanol–water partition coefficient (Wildman–Crippen LogP) is 1.84. The van der Waals surface area contributed by atoms with Gasteiger partial charge in [0.25, 0.3) is 0 Å². The van der Waals surface area contributed by atoms with Crippen molar-refractivity contribution in [1.82, 2.24) is 0 Å². The lowest BCUT2D eigenvalue weighted by atomic mass is 9.55. The third kappa shape index (κ3) is 2.89. The third-order valence-corrected chi connectivity index (χ3v) is 6.95. The van der Waals surface area contributed by atoms with E-state index in [4.69, 9.17) is 9.94 Å². The molecule has 7 heteroatoms. The number of phenolic OH excluding ortho intramolecular Hbond substituents is 1. The summed E-state index contributed by atoms with van der Waals surface area (Å²) in [5.41, 5.74) is 2.15. The topological polar surface area (TPSA) is 120 Å². The summed E-state index contributed by atoms with van der Waals surface area (Å²) < 4.78 is 0. The normalized spacial score (nSPS) is 38.8. The minimum absolute atomic E-state index is 0.130. The van der Waals surface area contributed by atoms with E-state index < -0.39 is 24.8 Å². The summed E-state index contributed by atoms with van der Waals surface area (Å²) in [7, 11) is 0. The van der Waals surface area contributed by atoms with Gasteiger partial charge in [-0.15, -0.1) is 0 Å². The highest BCUT2D eigenvalue weighted by molar-refractivity contribution is 6.03. The zero-order chi connectivity index (χ0) is 19.3. The summed E-state index contributed by atoms with van der Waals surface area (Å²) in [4.78, 5) is 15.7. The second-order valence-electron chi connectivity index (χ2n) is 8.35. The Morgan fingerprint density at radius 1 is 1.37 bits per heavy atom. The molecule has 3 aliphatic rings. The SMILES string of the molecule is C[C@]12CC[C@H]3c4ccc(O)cc4C(=NOCC(=O)O)C[C@@H]3[C@@H]1C[C@@H](O)[C@@H]2O. The Balaban J connectivity index is 1.73. The van der Waals surface area contributed by atoms with Crippen LogP contribution in [0.4, 0.5) is 0 Å². The summed E-state index contributed by atoms with van der Waals surface area (Å²) >= 11 is 0. The largest absolute Gasteiger partial charge is 0.508 e. The van der Waals surface area contributed by atoms with Gasteiger partial charge in [0.05, 0.1) is 17.9 Å². The first-order valence-electron chi connectivity index (χ1n) is 9.41. The van der Waals surface area contributed by atoms with Crippen LogP contribution in [0.15, 0.2) is 23.4 Å². The standard InChI is InChI=1S/C20H25NO6/c1-20-5-4-12-11-3-2-10(22)6-14(11)16(21-27-9-18(24)25)7-13(12)15(20)8-17(23)19(20)26/h2-3,6,12-13,15,17,19,22-23,26H,4-5,7-9H2,1H3,(H,24,25)/t12-,13-,15-,17+,19-,20-/m0/s1. The predicted molar refractivity (Wildman–Crippen MR) is 96.5 cm³/mol. The highest BCUT2D eigenvalue weighted by Gasteiger charge is 2.58. The number of aliphatic carboxylic acids is 1. The van der Waals surface area contributed by atoms with Crippen LogP contribution in [0.3, 0.4) is 0 Å². The van der Waals surface area contributed by atoms with Crippen LogP contribution in [0.1, 0.15) is 49.7 Å². The van der Waals surface area contributed by atoms with Gasteiger partial charge < -0.3 is 25.3 Å². The molecule has 0 bridgehead atoms. The molecule has 0 radical (unpaired) electrons. The number of oxime groups is 1. The van der Waals surface area contributed by atoms with E-state index in [1.54, 1.807) is 12.1 Å². The van der Waals surface area contributed by atoms with Gasteiger partial charge in [0.2, 0.25) is 6.61 Å². The molecule has 0 aromatic heterocycles. The zero-order valence-electron chi connectivity index (χ0n) is 15.2. The van der Waals surface area contributed by atoms with Gasteiger partial charge in [-0.1, -0.05) is 18.1 Å². The molecule has 2 fully saturated rings. The second-order valence-corrected chi connectivity index (χ2v) is 8.35. The van der Waals surface area contributed by atoms with Crippen LogP contribution in [0, 0.1) is 17.3 Å². The number of nitrogens with zero attached hydrogens (tertiary/aromatic N) is 1. The van der Waals surface area contributed by atoms with Crippen molar-refractivity contribution in [3.8, 4) is 5.75 Å². The van der Waals surface area contributed by atoms with Crippen LogP contribution in [0.5, 0.6) is 5.75 Å². The van der Waals surface area contributed by atoms with Crippen molar-refractivity contribution in [2.24, 2.45) is 22.4 Å². The first-order chi connectivity index (χ1) is 12.8. The van der Waals surface area contributed by atoms with Crippen LogP contribution in [0.2, 0.25) is 0 Å². The lowest BCUT2D eigenvalue weighted by Gasteiger charge is -2.49. The van der Waals surface area contributed by atoms with Gasteiger partial charge in [-0.3, -0.25) is 0 Å². The Morgan fingerprint density at radius 3 is 2.89 bits per heavy atom. The fourth-order valence-corrected chi connectivity index (χ4v) is 5.65. The van der Waals surface area contributed by atoms with Crippen LogP contribution in [-0.2, 0) is 9.63 Å². The number of carbonyl (C=O) groups is 1. The molecule has 0 heterocycles. The van der Waals surface area contributed by atoms with Gasteiger partial charge in [-0.05, 0) is 66.5 Å². The van der Waals surface area contributed by atoms with Crippen LogP contribution < -0.4 is 0 Å². The highest BCUT2D eigenvalue weighted by atomic mass is 16.6. The van der Waals surface area contributed by atoms with E-state index in [0.717, 1.165) is 24.0 Å². The van der Waals surface area contributed by atoms with Gasteiger partial charge in [0.15, 0.2) is 0 Å². The first kappa shape index (κ1) is 18.3. The molecule has 0 amide bonds. The van der Waals surface area contributed by atoms with Gasteiger partial charge in [0.1, 0.15) is 5.75 Å². The van der Waals surface area contributed by atoms with E-state index in [-0.39, 0.29) is 28.9 Å². The maximum atomic E-state index is 10.7. The number of aliphatic hydroxyl groups excluding tert-OH is 2. The molecular weight excluding hydrogens is 350 g/mol. The lowest BCUT2D eigenvalue weighted by molar-refractivity contribution is -0.142. The summed E-state index contributed by atoms with van der Waals surface area (Å²) in [6.45, 7) is 1.53. The van der Waals surface area contributed by atoms with E-state index >= 15 is 0 Å². The highest BCUT2D eigenvalue weighted by Crippen LogP contribution is 2.61. The third-order valence-electron chi connectivity index (χ3n) is 6.95. The summed E-state index contributed by atoms with van der Waals surface area (Å²) in [6, 6.07) is 5.21. The molecule has 6 atom stereocenters. The molecule has 27 heavy (non-hydrogen) atoms. The number of hydrogen-bond donors (Lipinski definition) is 4. The number of rotatable bonds is 3. The lowest BCUT2D eigenvalue weighted by Crippen LogP contribution is -2.45. The van der Waals surface area contributed by atoms with Gasteiger partial charge in [-0.25, -0.2) is 4.79 Å². The van der Waals surface area contributed by atoms with Crippen molar-refractivity contribution in [2.75, 3.05) is 6.61 Å². The van der Waals surface area contributed by atoms with Gasteiger partial charge in [0, 0.05) is 5.56 Å². The van der Waals surface area contributed by atoms with Crippen molar-refractivity contribution in [3.05, 3.63) is 29.3 Å². The van der Waals surface area contributed by atoms with Crippen molar-refractivity contribution in [2.45, 2.75) is 50.7 Å². The molecule has 146 valence electrons. The summed E-state index contributed by atoms with van der Waals surface area (Å²) in [5.74, 6) is -0.385. The Hall–Kier alpha value is -2.12. The zero-order valence-corrected chi connectivity index (χ0v) is 15.2.